The van der Waals surface area contributed by atoms with E-state index in [0.29, 0.717) is 4.99 Å². The van der Waals surface area contributed by atoms with Gasteiger partial charge in [0.1, 0.15) is 0 Å². The second kappa shape index (κ2) is 6.63. The predicted molar refractivity (Wildman–Crippen MR) is 80.1 cm³/mol. The van der Waals surface area contributed by atoms with Crippen LogP contribution in [0.5, 0.6) is 0 Å². The zero-order chi connectivity index (χ0) is 14.6. The van der Waals surface area contributed by atoms with Crippen molar-refractivity contribution < 1.29 is 9.53 Å². The standard InChI is InChI=1S/C13H25N3O2S/c1-10(11(14)19)16-7-5-15(6-8-16)9-13(2,3)12(17)18-4/h10H,5-9H2,1-4H3,(H2,14,19). The lowest BCUT2D eigenvalue weighted by Gasteiger charge is -2.40. The molecule has 1 unspecified atom stereocenters. The van der Waals surface area contributed by atoms with Crippen molar-refractivity contribution in [2.45, 2.75) is 26.8 Å². The molecule has 6 heteroatoms. The van der Waals surface area contributed by atoms with Gasteiger partial charge in [0.2, 0.25) is 0 Å². The zero-order valence-corrected chi connectivity index (χ0v) is 13.1. The Kier molecular flexibility index (Phi) is 5.70. The SMILES string of the molecule is COC(=O)C(C)(C)CN1CCN(C(C)C(N)=S)CC1. The van der Waals surface area contributed by atoms with Crippen molar-refractivity contribution in [3.05, 3.63) is 0 Å². The summed E-state index contributed by atoms with van der Waals surface area (Å²) in [5.41, 5.74) is 5.21. The molecule has 1 saturated heterocycles. The molecule has 0 aromatic rings. The molecule has 1 aliphatic rings. The molecule has 0 amide bonds. The second-order valence-corrected chi connectivity index (χ2v) is 6.24. The summed E-state index contributed by atoms with van der Waals surface area (Å²) in [6, 6.07) is 0.144. The number of piperazine rings is 1. The fraction of sp³-hybridized carbons (Fsp3) is 0.846. The summed E-state index contributed by atoms with van der Waals surface area (Å²) in [4.78, 5) is 16.8. The third-order valence-electron chi connectivity index (χ3n) is 3.72. The van der Waals surface area contributed by atoms with Gasteiger partial charge in [-0.1, -0.05) is 12.2 Å². The Bertz CT molecular complexity index is 339. The van der Waals surface area contributed by atoms with Crippen LogP contribution in [0.4, 0.5) is 0 Å². The Morgan fingerprint density at radius 2 is 1.89 bits per heavy atom. The fourth-order valence-corrected chi connectivity index (χ4v) is 2.54. The summed E-state index contributed by atoms with van der Waals surface area (Å²) in [5, 5.41) is 0. The third kappa shape index (κ3) is 4.40. The maximum atomic E-state index is 11.7. The van der Waals surface area contributed by atoms with E-state index in [1.54, 1.807) is 0 Å². The Balaban J connectivity index is 2.46. The highest BCUT2D eigenvalue weighted by atomic mass is 32.1. The molecule has 0 aromatic heterocycles. The van der Waals surface area contributed by atoms with Crippen LogP contribution in [0.15, 0.2) is 0 Å². The summed E-state index contributed by atoms with van der Waals surface area (Å²) in [6.45, 7) is 10.3. The first kappa shape index (κ1) is 16.3. The fourth-order valence-electron chi connectivity index (χ4n) is 2.39. The van der Waals surface area contributed by atoms with E-state index in [0.717, 1.165) is 32.7 Å². The lowest BCUT2D eigenvalue weighted by Crippen LogP contribution is -2.54. The van der Waals surface area contributed by atoms with Crippen molar-refractivity contribution >= 4 is 23.2 Å². The monoisotopic (exact) mass is 287 g/mol. The minimum Gasteiger partial charge on any atom is -0.469 e. The Morgan fingerprint density at radius 1 is 1.37 bits per heavy atom. The number of methoxy groups -OCH3 is 1. The molecule has 0 saturated carbocycles. The lowest BCUT2D eigenvalue weighted by molar-refractivity contribution is -0.152. The molecule has 19 heavy (non-hydrogen) atoms. The topological polar surface area (TPSA) is 58.8 Å². The molecular weight excluding hydrogens is 262 g/mol. The number of nitrogens with two attached hydrogens (primary N) is 1. The largest absolute Gasteiger partial charge is 0.469 e. The number of thiocarbonyl (C=S) groups is 1. The van der Waals surface area contributed by atoms with Gasteiger partial charge in [0, 0.05) is 32.7 Å². The van der Waals surface area contributed by atoms with Crippen molar-refractivity contribution in [2.24, 2.45) is 11.1 Å². The molecule has 0 spiro atoms. The molecule has 5 nitrogen and oxygen atoms in total. The Morgan fingerprint density at radius 3 is 2.32 bits per heavy atom. The normalized spacial score (nSPS) is 20.0. The van der Waals surface area contributed by atoms with Crippen LogP contribution in [0.3, 0.4) is 0 Å². The van der Waals surface area contributed by atoms with Crippen molar-refractivity contribution in [3.8, 4) is 0 Å². The van der Waals surface area contributed by atoms with Gasteiger partial charge in [-0.05, 0) is 20.8 Å². The van der Waals surface area contributed by atoms with E-state index < -0.39 is 5.41 Å². The van der Waals surface area contributed by atoms with Crippen LogP contribution in [0.2, 0.25) is 0 Å². The zero-order valence-electron chi connectivity index (χ0n) is 12.3. The summed E-state index contributed by atoms with van der Waals surface area (Å²) >= 11 is 5.03. The summed E-state index contributed by atoms with van der Waals surface area (Å²) in [5.74, 6) is -0.161. The summed E-state index contributed by atoms with van der Waals surface area (Å²) in [6.07, 6.45) is 0. The third-order valence-corrected chi connectivity index (χ3v) is 4.06. The van der Waals surface area contributed by atoms with Gasteiger partial charge in [0.15, 0.2) is 0 Å². The highest BCUT2D eigenvalue weighted by molar-refractivity contribution is 7.80. The molecule has 0 aliphatic carbocycles. The number of carbonyl (C=O) groups excluding carboxylic acids is 1. The minimum absolute atomic E-state index is 0.144. The molecule has 1 heterocycles. The van der Waals surface area contributed by atoms with Gasteiger partial charge in [-0.3, -0.25) is 14.6 Å². The van der Waals surface area contributed by atoms with Crippen molar-refractivity contribution in [1.82, 2.24) is 9.80 Å². The summed E-state index contributed by atoms with van der Waals surface area (Å²) < 4.78 is 4.84. The molecule has 0 radical (unpaired) electrons. The summed E-state index contributed by atoms with van der Waals surface area (Å²) in [7, 11) is 1.44. The van der Waals surface area contributed by atoms with E-state index in [1.807, 2.05) is 20.8 Å². The molecule has 1 fully saturated rings. The molecular formula is C13H25N3O2S. The number of hydrogen-bond donors (Lipinski definition) is 1. The van der Waals surface area contributed by atoms with E-state index in [2.05, 4.69) is 9.80 Å². The van der Waals surface area contributed by atoms with Crippen molar-refractivity contribution in [3.63, 3.8) is 0 Å². The Labute approximate surface area is 121 Å². The maximum Gasteiger partial charge on any atom is 0.312 e. The Hall–Kier alpha value is -0.720. The lowest BCUT2D eigenvalue weighted by atomic mass is 9.92. The molecule has 1 rings (SSSR count). The first-order valence-electron chi connectivity index (χ1n) is 6.62. The average molecular weight is 287 g/mol. The van der Waals surface area contributed by atoms with Crippen LogP contribution in [-0.4, -0.2) is 66.6 Å². The van der Waals surface area contributed by atoms with E-state index in [9.17, 15) is 4.79 Å². The van der Waals surface area contributed by atoms with Crippen LogP contribution in [-0.2, 0) is 9.53 Å². The smallest absolute Gasteiger partial charge is 0.312 e. The predicted octanol–water partition coefficient (Wildman–Crippen LogP) is 0.478. The van der Waals surface area contributed by atoms with Crippen molar-refractivity contribution in [1.29, 1.82) is 0 Å². The number of nitrogens with zero attached hydrogens (tertiary/aromatic N) is 2. The van der Waals surface area contributed by atoms with Gasteiger partial charge in [0.05, 0.1) is 23.6 Å². The van der Waals surface area contributed by atoms with Gasteiger partial charge in [-0.2, -0.15) is 0 Å². The number of esters is 1. The van der Waals surface area contributed by atoms with E-state index >= 15 is 0 Å². The van der Waals surface area contributed by atoms with Crippen LogP contribution in [0.1, 0.15) is 20.8 Å². The minimum atomic E-state index is -0.467. The first-order chi connectivity index (χ1) is 8.77. The molecule has 110 valence electrons. The number of rotatable bonds is 5. The highest BCUT2D eigenvalue weighted by Crippen LogP contribution is 2.20. The maximum absolute atomic E-state index is 11.7. The van der Waals surface area contributed by atoms with Crippen LogP contribution in [0.25, 0.3) is 0 Å². The van der Waals surface area contributed by atoms with E-state index in [-0.39, 0.29) is 12.0 Å². The highest BCUT2D eigenvalue weighted by Gasteiger charge is 2.32. The van der Waals surface area contributed by atoms with Crippen LogP contribution >= 0.6 is 12.2 Å². The van der Waals surface area contributed by atoms with E-state index in [4.69, 9.17) is 22.7 Å². The number of hydrogen-bond acceptors (Lipinski definition) is 5. The number of carbonyl (C=O) groups is 1. The van der Waals surface area contributed by atoms with Gasteiger partial charge < -0.3 is 10.5 Å². The van der Waals surface area contributed by atoms with Gasteiger partial charge in [-0.25, -0.2) is 0 Å². The molecule has 2 N–H and O–H groups in total. The molecule has 0 aromatic carbocycles. The molecule has 1 atom stereocenters. The van der Waals surface area contributed by atoms with Gasteiger partial charge in [-0.15, -0.1) is 0 Å². The van der Waals surface area contributed by atoms with E-state index in [1.165, 1.54) is 7.11 Å². The first-order valence-corrected chi connectivity index (χ1v) is 7.03. The second-order valence-electron chi connectivity index (χ2n) is 5.77. The van der Waals surface area contributed by atoms with Gasteiger partial charge in [0.25, 0.3) is 0 Å². The quantitative estimate of drug-likeness (QED) is 0.586. The van der Waals surface area contributed by atoms with Crippen LogP contribution < -0.4 is 5.73 Å². The molecule has 1 aliphatic heterocycles. The van der Waals surface area contributed by atoms with Crippen molar-refractivity contribution in [2.75, 3.05) is 39.8 Å². The van der Waals surface area contributed by atoms with Gasteiger partial charge >= 0.3 is 5.97 Å². The van der Waals surface area contributed by atoms with Crippen LogP contribution in [0, 0.1) is 5.41 Å². The average Bonchev–Trinajstić information content (AvgIpc) is 2.37. The molecule has 0 bridgehead atoms. The number of ether oxygens (including phenoxy) is 1.